The van der Waals surface area contributed by atoms with Crippen molar-refractivity contribution in [3.63, 3.8) is 0 Å². The molecule has 2 rings (SSSR count). The Labute approximate surface area is 147 Å². The third-order valence-corrected chi connectivity index (χ3v) is 3.31. The van der Waals surface area contributed by atoms with E-state index in [4.69, 9.17) is 14.2 Å². The van der Waals surface area contributed by atoms with Crippen LogP contribution in [0.25, 0.3) is 0 Å². The Kier molecular flexibility index (Phi) is 6.83. The zero-order valence-electron chi connectivity index (χ0n) is 14.6. The standard InChI is InChI=1S/C19H22N2O4/c1-4-24-16-9-7-6-8-15(16)13-20-21-19(22)14-10-11-17(25-5-2)18(12-14)23-3/h6-13H,4-5H2,1-3H3,(H,21,22)/b20-13+. The molecule has 0 aliphatic heterocycles. The second kappa shape index (κ2) is 9.32. The Morgan fingerprint density at radius 3 is 2.48 bits per heavy atom. The van der Waals surface area contributed by atoms with Gasteiger partial charge in [-0.3, -0.25) is 4.79 Å². The van der Waals surface area contributed by atoms with E-state index in [0.29, 0.717) is 36.0 Å². The summed E-state index contributed by atoms with van der Waals surface area (Å²) >= 11 is 0. The SMILES string of the molecule is CCOc1ccccc1/C=N/NC(=O)c1ccc(OCC)c(OC)c1. The summed E-state index contributed by atoms with van der Waals surface area (Å²) in [7, 11) is 1.53. The highest BCUT2D eigenvalue weighted by Crippen LogP contribution is 2.28. The smallest absolute Gasteiger partial charge is 0.271 e. The lowest BCUT2D eigenvalue weighted by molar-refractivity contribution is 0.0954. The highest BCUT2D eigenvalue weighted by atomic mass is 16.5. The molecule has 6 nitrogen and oxygen atoms in total. The van der Waals surface area contributed by atoms with Gasteiger partial charge in [-0.05, 0) is 44.2 Å². The monoisotopic (exact) mass is 342 g/mol. The Balaban J connectivity index is 2.07. The first-order valence-electron chi connectivity index (χ1n) is 8.05. The summed E-state index contributed by atoms with van der Waals surface area (Å²) in [6.07, 6.45) is 1.55. The molecule has 0 saturated heterocycles. The summed E-state index contributed by atoms with van der Waals surface area (Å²) < 4.78 is 16.2. The van der Waals surface area contributed by atoms with Gasteiger partial charge < -0.3 is 14.2 Å². The number of hydrogen-bond acceptors (Lipinski definition) is 5. The molecular weight excluding hydrogens is 320 g/mol. The van der Waals surface area contributed by atoms with Crippen molar-refractivity contribution < 1.29 is 19.0 Å². The number of nitrogens with zero attached hydrogens (tertiary/aromatic N) is 1. The number of para-hydroxylation sites is 1. The van der Waals surface area contributed by atoms with Gasteiger partial charge in [0.05, 0.1) is 26.5 Å². The molecule has 6 heteroatoms. The van der Waals surface area contributed by atoms with Crippen LogP contribution in [0, 0.1) is 0 Å². The number of methoxy groups -OCH3 is 1. The molecule has 2 aromatic carbocycles. The number of carbonyl (C=O) groups is 1. The van der Waals surface area contributed by atoms with Crippen LogP contribution in [0.5, 0.6) is 17.2 Å². The van der Waals surface area contributed by atoms with Crippen LogP contribution in [0.3, 0.4) is 0 Å². The minimum Gasteiger partial charge on any atom is -0.493 e. The van der Waals surface area contributed by atoms with E-state index in [-0.39, 0.29) is 5.91 Å². The van der Waals surface area contributed by atoms with E-state index >= 15 is 0 Å². The zero-order chi connectivity index (χ0) is 18.1. The minimum absolute atomic E-state index is 0.341. The lowest BCUT2D eigenvalue weighted by atomic mass is 10.2. The third kappa shape index (κ3) is 4.97. The molecule has 1 amide bonds. The molecule has 0 aliphatic carbocycles. The number of ether oxygens (including phenoxy) is 3. The van der Waals surface area contributed by atoms with Gasteiger partial charge in [0.25, 0.3) is 5.91 Å². The topological polar surface area (TPSA) is 69.2 Å². The summed E-state index contributed by atoms with van der Waals surface area (Å²) in [6.45, 7) is 4.87. The first-order chi connectivity index (χ1) is 12.2. The molecule has 0 radical (unpaired) electrons. The molecular formula is C19H22N2O4. The van der Waals surface area contributed by atoms with Crippen molar-refractivity contribution in [2.24, 2.45) is 5.10 Å². The quantitative estimate of drug-likeness (QED) is 0.590. The van der Waals surface area contributed by atoms with E-state index in [1.165, 1.54) is 7.11 Å². The third-order valence-electron chi connectivity index (χ3n) is 3.31. The molecule has 1 N–H and O–H groups in total. The van der Waals surface area contributed by atoms with Crippen LogP contribution in [0.15, 0.2) is 47.6 Å². The summed E-state index contributed by atoms with van der Waals surface area (Å²) in [5.74, 6) is 1.47. The summed E-state index contributed by atoms with van der Waals surface area (Å²) in [6, 6.07) is 12.4. The zero-order valence-corrected chi connectivity index (χ0v) is 14.6. The van der Waals surface area contributed by atoms with Crippen LogP contribution in [0.4, 0.5) is 0 Å². The van der Waals surface area contributed by atoms with E-state index in [9.17, 15) is 4.79 Å². The van der Waals surface area contributed by atoms with Gasteiger partial charge in [-0.1, -0.05) is 12.1 Å². The second-order valence-electron chi connectivity index (χ2n) is 4.97. The number of benzene rings is 2. The molecule has 0 fully saturated rings. The summed E-state index contributed by atoms with van der Waals surface area (Å²) in [4.78, 5) is 12.2. The van der Waals surface area contributed by atoms with Crippen molar-refractivity contribution in [3.8, 4) is 17.2 Å². The van der Waals surface area contributed by atoms with Gasteiger partial charge in [-0.25, -0.2) is 5.43 Å². The maximum atomic E-state index is 12.2. The van der Waals surface area contributed by atoms with Crippen molar-refractivity contribution in [2.75, 3.05) is 20.3 Å². The molecule has 0 heterocycles. The van der Waals surface area contributed by atoms with Crippen LogP contribution >= 0.6 is 0 Å². The number of carbonyl (C=O) groups excluding carboxylic acids is 1. The summed E-state index contributed by atoms with van der Waals surface area (Å²) in [5.41, 5.74) is 3.71. The van der Waals surface area contributed by atoms with Gasteiger partial charge >= 0.3 is 0 Å². The Hall–Kier alpha value is -3.02. The maximum Gasteiger partial charge on any atom is 0.271 e. The second-order valence-corrected chi connectivity index (χ2v) is 4.97. The molecule has 132 valence electrons. The highest BCUT2D eigenvalue weighted by Gasteiger charge is 2.10. The molecule has 0 unspecified atom stereocenters. The number of amides is 1. The lowest BCUT2D eigenvalue weighted by Gasteiger charge is -2.10. The largest absolute Gasteiger partial charge is 0.493 e. The molecule has 0 aromatic heterocycles. The lowest BCUT2D eigenvalue weighted by Crippen LogP contribution is -2.17. The number of hydrazone groups is 1. The molecule has 25 heavy (non-hydrogen) atoms. The summed E-state index contributed by atoms with van der Waals surface area (Å²) in [5, 5.41) is 4.00. The normalized spacial score (nSPS) is 10.5. The van der Waals surface area contributed by atoms with E-state index < -0.39 is 0 Å². The molecule has 0 bridgehead atoms. The van der Waals surface area contributed by atoms with Gasteiger partial charge in [0.2, 0.25) is 0 Å². The highest BCUT2D eigenvalue weighted by molar-refractivity contribution is 5.95. The fraction of sp³-hybridized carbons (Fsp3) is 0.263. The minimum atomic E-state index is -0.341. The maximum absolute atomic E-state index is 12.2. The van der Waals surface area contributed by atoms with Crippen molar-refractivity contribution in [2.45, 2.75) is 13.8 Å². The van der Waals surface area contributed by atoms with Gasteiger partial charge in [0, 0.05) is 11.1 Å². The average Bonchev–Trinajstić information content (AvgIpc) is 2.63. The molecule has 0 atom stereocenters. The van der Waals surface area contributed by atoms with E-state index in [1.807, 2.05) is 38.1 Å². The number of nitrogens with one attached hydrogen (secondary N) is 1. The van der Waals surface area contributed by atoms with E-state index in [2.05, 4.69) is 10.5 Å². The molecule has 0 saturated carbocycles. The van der Waals surface area contributed by atoms with Crippen molar-refractivity contribution >= 4 is 12.1 Å². The van der Waals surface area contributed by atoms with Crippen molar-refractivity contribution in [1.29, 1.82) is 0 Å². The van der Waals surface area contributed by atoms with E-state index in [1.54, 1.807) is 24.4 Å². The predicted molar refractivity (Wildman–Crippen MR) is 96.8 cm³/mol. The van der Waals surface area contributed by atoms with Crippen LogP contribution in [0.1, 0.15) is 29.8 Å². The first-order valence-corrected chi connectivity index (χ1v) is 8.05. The van der Waals surface area contributed by atoms with Crippen LogP contribution in [0.2, 0.25) is 0 Å². The molecule has 0 spiro atoms. The van der Waals surface area contributed by atoms with E-state index in [0.717, 1.165) is 5.56 Å². The Morgan fingerprint density at radius 2 is 1.76 bits per heavy atom. The van der Waals surface area contributed by atoms with Crippen LogP contribution in [-0.4, -0.2) is 32.4 Å². The number of rotatable bonds is 8. The molecule has 2 aromatic rings. The predicted octanol–water partition coefficient (Wildman–Crippen LogP) is 3.26. The first kappa shape index (κ1) is 18.3. The van der Waals surface area contributed by atoms with Crippen LogP contribution < -0.4 is 19.6 Å². The van der Waals surface area contributed by atoms with Crippen molar-refractivity contribution in [1.82, 2.24) is 5.43 Å². The fourth-order valence-electron chi connectivity index (χ4n) is 2.18. The Bertz CT molecular complexity index is 744. The van der Waals surface area contributed by atoms with Gasteiger partial charge in [-0.15, -0.1) is 0 Å². The van der Waals surface area contributed by atoms with Gasteiger partial charge in [0.1, 0.15) is 5.75 Å². The van der Waals surface area contributed by atoms with Crippen molar-refractivity contribution in [3.05, 3.63) is 53.6 Å². The number of hydrogen-bond donors (Lipinski definition) is 1. The Morgan fingerprint density at radius 1 is 1.04 bits per heavy atom. The average molecular weight is 342 g/mol. The van der Waals surface area contributed by atoms with Gasteiger partial charge in [-0.2, -0.15) is 5.10 Å². The fourth-order valence-corrected chi connectivity index (χ4v) is 2.18. The van der Waals surface area contributed by atoms with Gasteiger partial charge in [0.15, 0.2) is 11.5 Å². The molecule has 0 aliphatic rings. The van der Waals surface area contributed by atoms with Crippen LogP contribution in [-0.2, 0) is 0 Å².